The number of benzene rings is 2. The number of guanidine groups is 1. The maximum absolute atomic E-state index is 9.75. The molecule has 1 fully saturated rings. The van der Waals surface area contributed by atoms with Crippen LogP contribution in [0.25, 0.3) is 0 Å². The quantitative estimate of drug-likeness (QED) is 0.547. The van der Waals surface area contributed by atoms with Crippen molar-refractivity contribution in [1.29, 1.82) is 0 Å². The van der Waals surface area contributed by atoms with Crippen LogP contribution in [-0.2, 0) is 13.1 Å². The molecule has 2 heterocycles. The number of para-hydroxylation sites is 1. The molecule has 4 rings (SSSR count). The predicted molar refractivity (Wildman–Crippen MR) is 110 cm³/mol. The molecule has 0 amide bonds. The third-order valence-corrected chi connectivity index (χ3v) is 5.46. The van der Waals surface area contributed by atoms with E-state index in [9.17, 15) is 5.11 Å². The van der Waals surface area contributed by atoms with Crippen LogP contribution in [-0.4, -0.2) is 41.8 Å². The number of nitrogens with zero attached hydrogens (tertiary/aromatic N) is 2. The molecule has 0 radical (unpaired) electrons. The smallest absolute Gasteiger partial charge is 0.189 e. The highest BCUT2D eigenvalue weighted by molar-refractivity contribution is 5.78. The number of β-amino-alcohol motifs (C(OH)–C–C–N with tert-alkyl or cyclic N) is 1. The molecule has 2 aliphatic rings. The second kappa shape index (κ2) is 8.63. The van der Waals surface area contributed by atoms with Gasteiger partial charge in [-0.2, -0.15) is 0 Å². The third-order valence-electron chi connectivity index (χ3n) is 5.46. The normalized spacial score (nSPS) is 22.5. The zero-order chi connectivity index (χ0) is 19.3. The number of ether oxygens (including phenoxy) is 1. The van der Waals surface area contributed by atoms with Gasteiger partial charge in [-0.3, -0.25) is 4.90 Å². The molecular formula is C22H28N4O2. The second-order valence-electron chi connectivity index (χ2n) is 7.52. The summed E-state index contributed by atoms with van der Waals surface area (Å²) in [5.41, 5.74) is 9.73. The van der Waals surface area contributed by atoms with Crippen molar-refractivity contribution >= 4 is 5.96 Å². The minimum Gasteiger partial charge on any atom is -0.493 e. The number of hydrogen-bond acceptors (Lipinski definition) is 4. The number of nitrogens with two attached hydrogens (primary N) is 1. The van der Waals surface area contributed by atoms with Gasteiger partial charge in [0.25, 0.3) is 0 Å². The fourth-order valence-electron chi connectivity index (χ4n) is 3.95. The van der Waals surface area contributed by atoms with E-state index < -0.39 is 0 Å². The summed E-state index contributed by atoms with van der Waals surface area (Å²) < 4.78 is 5.71. The van der Waals surface area contributed by atoms with E-state index in [1.807, 2.05) is 24.3 Å². The van der Waals surface area contributed by atoms with Gasteiger partial charge in [0.05, 0.1) is 25.3 Å². The Balaban J connectivity index is 1.41. The number of nitrogens with one attached hydrogen (secondary N) is 1. The lowest BCUT2D eigenvalue weighted by Crippen LogP contribution is -2.37. The van der Waals surface area contributed by atoms with Crippen molar-refractivity contribution < 1.29 is 9.84 Å². The highest BCUT2D eigenvalue weighted by atomic mass is 16.5. The topological polar surface area (TPSA) is 83.1 Å². The predicted octanol–water partition coefficient (Wildman–Crippen LogP) is 2.18. The van der Waals surface area contributed by atoms with Crippen LogP contribution in [0, 0.1) is 0 Å². The van der Waals surface area contributed by atoms with Gasteiger partial charge in [-0.1, -0.05) is 42.5 Å². The van der Waals surface area contributed by atoms with E-state index in [4.69, 9.17) is 10.5 Å². The van der Waals surface area contributed by atoms with E-state index >= 15 is 0 Å². The first-order valence-electron chi connectivity index (χ1n) is 9.94. The lowest BCUT2D eigenvalue weighted by atomic mass is 10.0. The molecule has 28 heavy (non-hydrogen) atoms. The molecule has 2 aromatic rings. The largest absolute Gasteiger partial charge is 0.493 e. The molecule has 4 N–H and O–H groups in total. The molecule has 0 spiro atoms. The summed E-state index contributed by atoms with van der Waals surface area (Å²) in [6.07, 6.45) is 1.51. The zero-order valence-electron chi connectivity index (χ0n) is 16.1. The van der Waals surface area contributed by atoms with Crippen molar-refractivity contribution in [3.63, 3.8) is 0 Å². The molecular weight excluding hydrogens is 352 g/mol. The maximum Gasteiger partial charge on any atom is 0.189 e. The van der Waals surface area contributed by atoms with Crippen LogP contribution >= 0.6 is 0 Å². The molecule has 2 unspecified atom stereocenters. The Labute approximate surface area is 166 Å². The van der Waals surface area contributed by atoms with Crippen molar-refractivity contribution in [3.8, 4) is 5.75 Å². The standard InChI is InChI=1S/C22H28N4O2/c23-22(25-20-10-12-28-21-8-4-3-7-19(20)21)24-13-16-5-1-2-6-17(16)14-26-11-9-18(27)15-26/h1-8,18,20,27H,9-15H2,(H3,23,24,25). The van der Waals surface area contributed by atoms with Crippen LogP contribution in [0.4, 0.5) is 0 Å². The maximum atomic E-state index is 9.75. The molecule has 148 valence electrons. The van der Waals surface area contributed by atoms with E-state index in [1.165, 1.54) is 11.1 Å². The second-order valence-corrected chi connectivity index (χ2v) is 7.52. The first kappa shape index (κ1) is 18.8. The molecule has 0 aliphatic carbocycles. The molecule has 6 nitrogen and oxygen atoms in total. The minimum atomic E-state index is -0.202. The van der Waals surface area contributed by atoms with E-state index in [0.717, 1.165) is 43.8 Å². The number of aliphatic hydroxyl groups excluding tert-OH is 1. The Morgan fingerprint density at radius 2 is 1.93 bits per heavy atom. The fraction of sp³-hybridized carbons (Fsp3) is 0.409. The summed E-state index contributed by atoms with van der Waals surface area (Å²) in [5, 5.41) is 13.1. The van der Waals surface area contributed by atoms with Crippen molar-refractivity contribution in [2.24, 2.45) is 10.7 Å². The Morgan fingerprint density at radius 1 is 1.14 bits per heavy atom. The molecule has 2 atom stereocenters. The van der Waals surface area contributed by atoms with Crippen molar-refractivity contribution in [2.45, 2.75) is 38.1 Å². The first-order valence-corrected chi connectivity index (χ1v) is 9.94. The Morgan fingerprint density at radius 3 is 2.75 bits per heavy atom. The number of rotatable bonds is 5. The molecule has 0 bridgehead atoms. The molecule has 1 saturated heterocycles. The van der Waals surface area contributed by atoms with E-state index in [2.05, 4.69) is 39.5 Å². The summed E-state index contributed by atoms with van der Waals surface area (Å²) in [6.45, 7) is 3.72. The molecule has 2 aliphatic heterocycles. The van der Waals surface area contributed by atoms with Crippen LogP contribution in [0.2, 0.25) is 0 Å². The number of likely N-dealkylation sites (tertiary alicyclic amines) is 1. The van der Waals surface area contributed by atoms with Gasteiger partial charge in [0.15, 0.2) is 5.96 Å². The van der Waals surface area contributed by atoms with Gasteiger partial charge in [-0.15, -0.1) is 0 Å². The summed E-state index contributed by atoms with van der Waals surface area (Å²) in [4.78, 5) is 6.87. The van der Waals surface area contributed by atoms with Crippen LogP contribution in [0.15, 0.2) is 53.5 Å². The Bertz CT molecular complexity index is 839. The average molecular weight is 380 g/mol. The summed E-state index contributed by atoms with van der Waals surface area (Å²) in [6, 6.07) is 16.5. The van der Waals surface area contributed by atoms with E-state index in [-0.39, 0.29) is 12.1 Å². The highest BCUT2D eigenvalue weighted by Crippen LogP contribution is 2.31. The minimum absolute atomic E-state index is 0.120. The number of aliphatic hydroxyl groups is 1. The SMILES string of the molecule is NC(=NCc1ccccc1CN1CCC(O)C1)NC1CCOc2ccccc21. The van der Waals surface area contributed by atoms with Gasteiger partial charge in [-0.25, -0.2) is 4.99 Å². The third kappa shape index (κ3) is 4.46. The molecule has 6 heteroatoms. The van der Waals surface area contributed by atoms with Crippen molar-refractivity contribution in [3.05, 3.63) is 65.2 Å². The average Bonchev–Trinajstić information content (AvgIpc) is 3.12. The summed E-state index contributed by atoms with van der Waals surface area (Å²) in [5.74, 6) is 1.37. The van der Waals surface area contributed by atoms with Crippen LogP contribution in [0.1, 0.15) is 35.6 Å². The van der Waals surface area contributed by atoms with Crippen molar-refractivity contribution in [1.82, 2.24) is 10.2 Å². The summed E-state index contributed by atoms with van der Waals surface area (Å²) in [7, 11) is 0. The Kier molecular flexibility index (Phi) is 5.78. The highest BCUT2D eigenvalue weighted by Gasteiger charge is 2.22. The van der Waals surface area contributed by atoms with Gasteiger partial charge < -0.3 is 20.9 Å². The van der Waals surface area contributed by atoms with Gasteiger partial charge in [0.1, 0.15) is 5.75 Å². The Hall–Kier alpha value is -2.57. The lowest BCUT2D eigenvalue weighted by molar-refractivity contribution is 0.174. The van der Waals surface area contributed by atoms with Crippen LogP contribution < -0.4 is 15.8 Å². The van der Waals surface area contributed by atoms with Crippen LogP contribution in [0.3, 0.4) is 0 Å². The van der Waals surface area contributed by atoms with Crippen molar-refractivity contribution in [2.75, 3.05) is 19.7 Å². The lowest BCUT2D eigenvalue weighted by Gasteiger charge is -2.27. The first-order chi connectivity index (χ1) is 13.7. The van der Waals surface area contributed by atoms with Gasteiger partial charge >= 0.3 is 0 Å². The molecule has 2 aromatic carbocycles. The monoisotopic (exact) mass is 380 g/mol. The molecule has 0 saturated carbocycles. The zero-order valence-corrected chi connectivity index (χ0v) is 16.1. The van der Waals surface area contributed by atoms with Gasteiger partial charge in [-0.05, 0) is 23.6 Å². The summed E-state index contributed by atoms with van der Waals surface area (Å²) >= 11 is 0. The number of hydrogen-bond donors (Lipinski definition) is 3. The molecule has 0 aromatic heterocycles. The van der Waals surface area contributed by atoms with E-state index in [0.29, 0.717) is 19.1 Å². The van der Waals surface area contributed by atoms with Gasteiger partial charge in [0, 0.05) is 31.6 Å². The fourth-order valence-corrected chi connectivity index (χ4v) is 3.95. The van der Waals surface area contributed by atoms with E-state index in [1.54, 1.807) is 0 Å². The van der Waals surface area contributed by atoms with Crippen LogP contribution in [0.5, 0.6) is 5.75 Å². The number of fused-ring (bicyclic) bond motifs is 1. The number of aliphatic imine (C=N–C) groups is 1. The van der Waals surface area contributed by atoms with Gasteiger partial charge in [0.2, 0.25) is 0 Å².